The van der Waals surface area contributed by atoms with Crippen molar-refractivity contribution in [1.29, 1.82) is 0 Å². The minimum Gasteiger partial charge on any atom is -0.346 e. The Bertz CT molecular complexity index is 418. The Balaban J connectivity index is 1.94. The first kappa shape index (κ1) is 13.5. The maximum absolute atomic E-state index is 12.1. The highest BCUT2D eigenvalue weighted by molar-refractivity contribution is 7.11. The SMILES string of the molecule is CCc1cnc(C(C)NC(=O)C2NCCC2C)s1. The van der Waals surface area contributed by atoms with Crippen LogP contribution >= 0.6 is 11.3 Å². The highest BCUT2D eigenvalue weighted by Crippen LogP contribution is 2.21. The molecule has 18 heavy (non-hydrogen) atoms. The van der Waals surface area contributed by atoms with E-state index in [0.717, 1.165) is 24.4 Å². The van der Waals surface area contributed by atoms with Gasteiger partial charge in [-0.15, -0.1) is 11.3 Å². The van der Waals surface area contributed by atoms with Gasteiger partial charge in [0.2, 0.25) is 5.91 Å². The van der Waals surface area contributed by atoms with E-state index in [1.807, 2.05) is 13.1 Å². The monoisotopic (exact) mass is 267 g/mol. The molecule has 3 unspecified atom stereocenters. The molecule has 4 nitrogen and oxygen atoms in total. The summed E-state index contributed by atoms with van der Waals surface area (Å²) in [7, 11) is 0. The summed E-state index contributed by atoms with van der Waals surface area (Å²) in [6.07, 6.45) is 3.97. The van der Waals surface area contributed by atoms with Gasteiger partial charge in [-0.3, -0.25) is 4.79 Å². The van der Waals surface area contributed by atoms with E-state index in [4.69, 9.17) is 0 Å². The Morgan fingerprint density at radius 1 is 1.72 bits per heavy atom. The fourth-order valence-corrected chi connectivity index (χ4v) is 3.10. The standard InChI is InChI=1S/C13H21N3OS/c1-4-10-7-15-13(18-10)9(3)16-12(17)11-8(2)5-6-14-11/h7-9,11,14H,4-6H2,1-3H3,(H,16,17). The molecule has 0 bridgehead atoms. The first-order chi connectivity index (χ1) is 8.61. The number of nitrogens with zero attached hydrogens (tertiary/aromatic N) is 1. The predicted molar refractivity (Wildman–Crippen MR) is 73.6 cm³/mol. The van der Waals surface area contributed by atoms with Crippen molar-refractivity contribution in [2.75, 3.05) is 6.54 Å². The van der Waals surface area contributed by atoms with Crippen LogP contribution in [0.15, 0.2) is 6.20 Å². The van der Waals surface area contributed by atoms with Crippen LogP contribution in [0.25, 0.3) is 0 Å². The summed E-state index contributed by atoms with van der Waals surface area (Å²) in [5.74, 6) is 0.514. The van der Waals surface area contributed by atoms with E-state index in [0.29, 0.717) is 5.92 Å². The molecule has 0 aromatic carbocycles. The highest BCUT2D eigenvalue weighted by atomic mass is 32.1. The molecule has 1 aliphatic rings. The lowest BCUT2D eigenvalue weighted by atomic mass is 10.0. The van der Waals surface area contributed by atoms with Gasteiger partial charge in [-0.05, 0) is 32.2 Å². The van der Waals surface area contributed by atoms with E-state index in [1.54, 1.807) is 11.3 Å². The molecular formula is C13H21N3OS. The van der Waals surface area contributed by atoms with Gasteiger partial charge in [-0.2, -0.15) is 0 Å². The van der Waals surface area contributed by atoms with Gasteiger partial charge in [0.15, 0.2) is 0 Å². The average Bonchev–Trinajstić information content (AvgIpc) is 2.96. The van der Waals surface area contributed by atoms with Gasteiger partial charge in [0, 0.05) is 11.1 Å². The van der Waals surface area contributed by atoms with Crippen molar-refractivity contribution in [3.05, 3.63) is 16.1 Å². The number of nitrogens with one attached hydrogen (secondary N) is 2. The molecule has 2 rings (SSSR count). The molecular weight excluding hydrogens is 246 g/mol. The number of amides is 1. The summed E-state index contributed by atoms with van der Waals surface area (Å²) in [5.41, 5.74) is 0. The van der Waals surface area contributed by atoms with Crippen LogP contribution in [0.2, 0.25) is 0 Å². The Kier molecular flexibility index (Phi) is 4.35. The van der Waals surface area contributed by atoms with Crippen LogP contribution in [0.4, 0.5) is 0 Å². The number of hydrogen-bond acceptors (Lipinski definition) is 4. The second kappa shape index (κ2) is 5.80. The normalized spacial score (nSPS) is 25.1. The quantitative estimate of drug-likeness (QED) is 0.876. The number of rotatable bonds is 4. The third kappa shape index (κ3) is 2.90. The van der Waals surface area contributed by atoms with Crippen molar-refractivity contribution in [3.8, 4) is 0 Å². The van der Waals surface area contributed by atoms with Crippen molar-refractivity contribution >= 4 is 17.2 Å². The maximum atomic E-state index is 12.1. The van der Waals surface area contributed by atoms with Crippen molar-refractivity contribution in [2.45, 2.75) is 45.7 Å². The van der Waals surface area contributed by atoms with E-state index < -0.39 is 0 Å². The summed E-state index contributed by atoms with van der Waals surface area (Å²) < 4.78 is 0. The van der Waals surface area contributed by atoms with Gasteiger partial charge in [-0.25, -0.2) is 4.98 Å². The molecule has 100 valence electrons. The number of thiazole rings is 1. The summed E-state index contributed by atoms with van der Waals surface area (Å²) in [5, 5.41) is 7.29. The summed E-state index contributed by atoms with van der Waals surface area (Å²) in [6, 6.07) is -0.0459. The molecule has 1 fully saturated rings. The van der Waals surface area contributed by atoms with Crippen LogP contribution < -0.4 is 10.6 Å². The second-order valence-electron chi connectivity index (χ2n) is 4.95. The van der Waals surface area contributed by atoms with Crippen LogP contribution in [0.5, 0.6) is 0 Å². The molecule has 1 aromatic heterocycles. The van der Waals surface area contributed by atoms with Crippen molar-refractivity contribution in [2.24, 2.45) is 5.92 Å². The molecule has 1 saturated heterocycles. The van der Waals surface area contributed by atoms with Gasteiger partial charge < -0.3 is 10.6 Å². The fourth-order valence-electron chi connectivity index (χ4n) is 2.24. The van der Waals surface area contributed by atoms with Crippen molar-refractivity contribution in [3.63, 3.8) is 0 Å². The molecule has 0 aliphatic carbocycles. The predicted octanol–water partition coefficient (Wildman–Crippen LogP) is 1.88. The van der Waals surface area contributed by atoms with Crippen LogP contribution in [-0.2, 0) is 11.2 Å². The fraction of sp³-hybridized carbons (Fsp3) is 0.692. The first-order valence-electron chi connectivity index (χ1n) is 6.60. The molecule has 2 heterocycles. The smallest absolute Gasteiger partial charge is 0.237 e. The molecule has 2 N–H and O–H groups in total. The van der Waals surface area contributed by atoms with E-state index in [9.17, 15) is 4.79 Å². The van der Waals surface area contributed by atoms with Crippen LogP contribution in [0.1, 0.15) is 43.1 Å². The van der Waals surface area contributed by atoms with E-state index >= 15 is 0 Å². The lowest BCUT2D eigenvalue weighted by Crippen LogP contribution is -2.44. The highest BCUT2D eigenvalue weighted by Gasteiger charge is 2.30. The van der Waals surface area contributed by atoms with Gasteiger partial charge in [0.1, 0.15) is 5.01 Å². The summed E-state index contributed by atoms with van der Waals surface area (Å²) in [6.45, 7) is 7.17. The number of aromatic nitrogens is 1. The van der Waals surface area contributed by atoms with Crippen molar-refractivity contribution < 1.29 is 4.79 Å². The number of carbonyl (C=O) groups is 1. The third-order valence-electron chi connectivity index (χ3n) is 3.46. The minimum atomic E-state index is -0.0435. The maximum Gasteiger partial charge on any atom is 0.237 e. The molecule has 1 aromatic rings. The lowest BCUT2D eigenvalue weighted by molar-refractivity contribution is -0.124. The van der Waals surface area contributed by atoms with Crippen LogP contribution in [-0.4, -0.2) is 23.5 Å². The average molecular weight is 267 g/mol. The van der Waals surface area contributed by atoms with Crippen LogP contribution in [0, 0.1) is 5.92 Å². The Hall–Kier alpha value is -0.940. The van der Waals surface area contributed by atoms with E-state index in [2.05, 4.69) is 29.5 Å². The summed E-state index contributed by atoms with van der Waals surface area (Å²) >= 11 is 1.68. The lowest BCUT2D eigenvalue weighted by Gasteiger charge is -2.18. The number of aryl methyl sites for hydroxylation is 1. The zero-order valence-electron chi connectivity index (χ0n) is 11.2. The van der Waals surface area contributed by atoms with Gasteiger partial charge >= 0.3 is 0 Å². The Labute approximate surface area is 112 Å². The zero-order valence-corrected chi connectivity index (χ0v) is 12.0. The van der Waals surface area contributed by atoms with Gasteiger partial charge in [0.25, 0.3) is 0 Å². The molecule has 1 amide bonds. The molecule has 1 aliphatic heterocycles. The molecule has 3 atom stereocenters. The number of hydrogen-bond donors (Lipinski definition) is 2. The van der Waals surface area contributed by atoms with Gasteiger partial charge in [-0.1, -0.05) is 13.8 Å². The molecule has 0 spiro atoms. The Morgan fingerprint density at radius 2 is 2.50 bits per heavy atom. The van der Waals surface area contributed by atoms with E-state index in [1.165, 1.54) is 4.88 Å². The largest absolute Gasteiger partial charge is 0.346 e. The zero-order chi connectivity index (χ0) is 13.1. The molecule has 5 heteroatoms. The molecule has 0 radical (unpaired) electrons. The number of carbonyl (C=O) groups excluding carboxylic acids is 1. The topological polar surface area (TPSA) is 54.0 Å². The minimum absolute atomic E-state index is 0.00241. The molecule has 0 saturated carbocycles. The Morgan fingerprint density at radius 3 is 3.06 bits per heavy atom. The van der Waals surface area contributed by atoms with Crippen molar-refractivity contribution in [1.82, 2.24) is 15.6 Å². The summed E-state index contributed by atoms with van der Waals surface area (Å²) in [4.78, 5) is 17.8. The van der Waals surface area contributed by atoms with Crippen LogP contribution in [0.3, 0.4) is 0 Å². The second-order valence-corrected chi connectivity index (χ2v) is 6.09. The third-order valence-corrected chi connectivity index (χ3v) is 4.79. The first-order valence-corrected chi connectivity index (χ1v) is 7.41. The van der Waals surface area contributed by atoms with E-state index in [-0.39, 0.29) is 18.0 Å². The van der Waals surface area contributed by atoms with Gasteiger partial charge in [0.05, 0.1) is 12.1 Å².